The molecule has 0 bridgehead atoms. The number of nitrogens with one attached hydrogen (secondary N) is 2. The number of hydrogen-bond acceptors (Lipinski definition) is 3. The van der Waals surface area contributed by atoms with Crippen molar-refractivity contribution in [2.45, 2.75) is 38.1 Å². The fourth-order valence-corrected chi connectivity index (χ4v) is 2.71. The van der Waals surface area contributed by atoms with Crippen LogP contribution in [-0.4, -0.2) is 25.1 Å². The molecule has 2 rings (SSSR count). The zero-order valence-corrected chi connectivity index (χ0v) is 11.7. The normalized spacial score (nSPS) is 22.2. The number of hydrogen-bond donors (Lipinski definition) is 2. The first kappa shape index (κ1) is 13.9. The second-order valence-corrected chi connectivity index (χ2v) is 5.05. The molecule has 1 unspecified atom stereocenters. The summed E-state index contributed by atoms with van der Waals surface area (Å²) >= 11 is 0. The molecule has 19 heavy (non-hydrogen) atoms. The first-order valence-electron chi connectivity index (χ1n) is 6.91. The zero-order chi connectivity index (χ0) is 13.7. The predicted molar refractivity (Wildman–Crippen MR) is 76.5 cm³/mol. The Bertz CT molecular complexity index is 440. The van der Waals surface area contributed by atoms with Gasteiger partial charge in [0.25, 0.3) is 0 Å². The van der Waals surface area contributed by atoms with Gasteiger partial charge >= 0.3 is 0 Å². The number of rotatable bonds is 5. The van der Waals surface area contributed by atoms with E-state index in [4.69, 9.17) is 4.74 Å². The van der Waals surface area contributed by atoms with Gasteiger partial charge in [0.05, 0.1) is 12.6 Å². The number of carbonyl (C=O) groups is 1. The molecule has 1 aromatic rings. The molecule has 104 valence electrons. The lowest BCUT2D eigenvalue weighted by Gasteiger charge is -2.27. The second kappa shape index (κ2) is 6.06. The maximum atomic E-state index is 12.5. The summed E-state index contributed by atoms with van der Waals surface area (Å²) in [7, 11) is 1.62. The maximum absolute atomic E-state index is 12.5. The minimum atomic E-state index is -0.391. The molecule has 1 heterocycles. The van der Waals surface area contributed by atoms with Gasteiger partial charge in [-0.25, -0.2) is 0 Å². The Hall–Kier alpha value is -1.55. The first-order chi connectivity index (χ1) is 9.20. The standard InChI is InChI=1S/C15H22N2O2/c1-3-8-15(9-5-10-16-15)14(18)17-12-6-4-7-13(11-12)19-2/h4,6-7,11,16H,3,5,8-10H2,1-2H3,(H,17,18). The zero-order valence-electron chi connectivity index (χ0n) is 11.7. The maximum Gasteiger partial charge on any atom is 0.244 e. The van der Waals surface area contributed by atoms with Crippen molar-refractivity contribution in [2.24, 2.45) is 0 Å². The smallest absolute Gasteiger partial charge is 0.244 e. The third-order valence-corrected chi connectivity index (χ3v) is 3.68. The van der Waals surface area contributed by atoms with Gasteiger partial charge in [-0.05, 0) is 37.9 Å². The van der Waals surface area contributed by atoms with Crippen molar-refractivity contribution in [2.75, 3.05) is 19.0 Å². The largest absolute Gasteiger partial charge is 0.497 e. The summed E-state index contributed by atoms with van der Waals surface area (Å²) in [6.45, 7) is 3.03. The average molecular weight is 262 g/mol. The summed E-state index contributed by atoms with van der Waals surface area (Å²) in [5.74, 6) is 0.821. The minimum absolute atomic E-state index is 0.0695. The number of benzene rings is 1. The molecule has 1 aromatic carbocycles. The highest BCUT2D eigenvalue weighted by Gasteiger charge is 2.39. The molecule has 2 N–H and O–H groups in total. The van der Waals surface area contributed by atoms with Crippen molar-refractivity contribution in [1.82, 2.24) is 5.32 Å². The quantitative estimate of drug-likeness (QED) is 0.857. The summed E-state index contributed by atoms with van der Waals surface area (Å²) in [5.41, 5.74) is 0.395. The van der Waals surface area contributed by atoms with E-state index < -0.39 is 5.54 Å². The van der Waals surface area contributed by atoms with E-state index in [1.165, 1.54) is 0 Å². The van der Waals surface area contributed by atoms with Gasteiger partial charge in [0, 0.05) is 11.8 Å². The highest BCUT2D eigenvalue weighted by molar-refractivity contribution is 5.98. The molecule has 1 aliphatic rings. The van der Waals surface area contributed by atoms with E-state index in [0.29, 0.717) is 0 Å². The topological polar surface area (TPSA) is 50.4 Å². The van der Waals surface area contributed by atoms with Crippen LogP contribution in [0.1, 0.15) is 32.6 Å². The number of ether oxygens (including phenoxy) is 1. The van der Waals surface area contributed by atoms with Crippen LogP contribution in [0.25, 0.3) is 0 Å². The van der Waals surface area contributed by atoms with Crippen molar-refractivity contribution in [3.63, 3.8) is 0 Å². The molecular weight excluding hydrogens is 240 g/mol. The summed E-state index contributed by atoms with van der Waals surface area (Å²) < 4.78 is 5.17. The van der Waals surface area contributed by atoms with E-state index >= 15 is 0 Å². The van der Waals surface area contributed by atoms with Gasteiger partial charge in [-0.3, -0.25) is 4.79 Å². The molecule has 0 spiro atoms. The molecule has 4 nitrogen and oxygen atoms in total. The number of anilines is 1. The Labute approximate surface area is 114 Å². The number of methoxy groups -OCH3 is 1. The predicted octanol–water partition coefficient (Wildman–Crippen LogP) is 2.56. The Kier molecular flexibility index (Phi) is 4.43. The van der Waals surface area contributed by atoms with Crippen molar-refractivity contribution in [3.05, 3.63) is 24.3 Å². The number of amides is 1. The summed E-state index contributed by atoms with van der Waals surface area (Å²) in [4.78, 5) is 12.5. The van der Waals surface area contributed by atoms with Gasteiger partial charge in [0.1, 0.15) is 5.75 Å². The lowest BCUT2D eigenvalue weighted by Crippen LogP contribution is -2.50. The van der Waals surface area contributed by atoms with E-state index in [1.54, 1.807) is 7.11 Å². The van der Waals surface area contributed by atoms with Crippen LogP contribution >= 0.6 is 0 Å². The van der Waals surface area contributed by atoms with E-state index in [1.807, 2.05) is 24.3 Å². The molecular formula is C15H22N2O2. The van der Waals surface area contributed by atoms with Gasteiger partial charge in [-0.15, -0.1) is 0 Å². The van der Waals surface area contributed by atoms with Gasteiger partial charge in [0.2, 0.25) is 5.91 Å². The van der Waals surface area contributed by atoms with Crippen LogP contribution < -0.4 is 15.4 Å². The van der Waals surface area contributed by atoms with Gasteiger partial charge in [-0.2, -0.15) is 0 Å². The van der Waals surface area contributed by atoms with E-state index in [-0.39, 0.29) is 5.91 Å². The fraction of sp³-hybridized carbons (Fsp3) is 0.533. The Balaban J connectivity index is 2.10. The highest BCUT2D eigenvalue weighted by Crippen LogP contribution is 2.27. The van der Waals surface area contributed by atoms with Crippen molar-refractivity contribution in [3.8, 4) is 5.75 Å². The van der Waals surface area contributed by atoms with Crippen LogP contribution in [0.5, 0.6) is 5.75 Å². The molecule has 1 atom stereocenters. The second-order valence-electron chi connectivity index (χ2n) is 5.05. The lowest BCUT2D eigenvalue weighted by molar-refractivity contribution is -0.122. The molecule has 0 saturated carbocycles. The Morgan fingerprint density at radius 3 is 3.00 bits per heavy atom. The van der Waals surface area contributed by atoms with Gasteiger partial charge in [-0.1, -0.05) is 19.4 Å². The van der Waals surface area contributed by atoms with Crippen LogP contribution in [-0.2, 0) is 4.79 Å². The van der Waals surface area contributed by atoms with Gasteiger partial charge < -0.3 is 15.4 Å². The molecule has 0 aliphatic carbocycles. The van der Waals surface area contributed by atoms with Gasteiger partial charge in [0.15, 0.2) is 0 Å². The Morgan fingerprint density at radius 2 is 2.37 bits per heavy atom. The molecule has 1 amide bonds. The van der Waals surface area contributed by atoms with Crippen LogP contribution in [0.3, 0.4) is 0 Å². The Morgan fingerprint density at radius 1 is 1.53 bits per heavy atom. The van der Waals surface area contributed by atoms with Crippen LogP contribution in [0.4, 0.5) is 5.69 Å². The summed E-state index contributed by atoms with van der Waals surface area (Å²) in [6.07, 6.45) is 3.85. The molecule has 0 aromatic heterocycles. The minimum Gasteiger partial charge on any atom is -0.497 e. The number of carbonyl (C=O) groups excluding carboxylic acids is 1. The fourth-order valence-electron chi connectivity index (χ4n) is 2.71. The van der Waals surface area contributed by atoms with Crippen LogP contribution in [0.15, 0.2) is 24.3 Å². The average Bonchev–Trinajstić information content (AvgIpc) is 2.89. The van der Waals surface area contributed by atoms with Crippen molar-refractivity contribution in [1.29, 1.82) is 0 Å². The van der Waals surface area contributed by atoms with E-state index in [0.717, 1.165) is 43.7 Å². The third-order valence-electron chi connectivity index (χ3n) is 3.68. The third kappa shape index (κ3) is 3.07. The monoisotopic (exact) mass is 262 g/mol. The van der Waals surface area contributed by atoms with Crippen LogP contribution in [0, 0.1) is 0 Å². The molecule has 0 radical (unpaired) electrons. The first-order valence-corrected chi connectivity index (χ1v) is 6.91. The van der Waals surface area contributed by atoms with E-state index in [9.17, 15) is 4.79 Å². The lowest BCUT2D eigenvalue weighted by atomic mass is 9.91. The van der Waals surface area contributed by atoms with Crippen molar-refractivity contribution >= 4 is 11.6 Å². The van der Waals surface area contributed by atoms with E-state index in [2.05, 4.69) is 17.6 Å². The summed E-state index contributed by atoms with van der Waals surface area (Å²) in [6, 6.07) is 7.47. The summed E-state index contributed by atoms with van der Waals surface area (Å²) in [5, 5.41) is 6.38. The van der Waals surface area contributed by atoms with Crippen LogP contribution in [0.2, 0.25) is 0 Å². The molecule has 4 heteroatoms. The van der Waals surface area contributed by atoms with Crippen molar-refractivity contribution < 1.29 is 9.53 Å². The molecule has 1 fully saturated rings. The molecule has 1 saturated heterocycles. The highest BCUT2D eigenvalue weighted by atomic mass is 16.5. The molecule has 1 aliphatic heterocycles. The SMILES string of the molecule is CCCC1(C(=O)Nc2cccc(OC)c2)CCCN1.